The second kappa shape index (κ2) is 8.38. The number of carbonyl (C=O) groups excluding carboxylic acids is 2. The molecule has 0 aliphatic heterocycles. The molecule has 1 amide bonds. The lowest BCUT2D eigenvalue weighted by atomic mass is 9.86. The van der Waals surface area contributed by atoms with Crippen molar-refractivity contribution in [2.75, 3.05) is 6.61 Å². The molecular formula is C25H26N2O4. The van der Waals surface area contributed by atoms with E-state index in [0.717, 1.165) is 52.8 Å². The van der Waals surface area contributed by atoms with Gasteiger partial charge in [-0.05, 0) is 75.4 Å². The Morgan fingerprint density at radius 2 is 1.97 bits per heavy atom. The molecule has 1 N–H and O–H groups in total. The number of hydrogen-bond donors (Lipinski definition) is 1. The van der Waals surface area contributed by atoms with Gasteiger partial charge < -0.3 is 14.5 Å². The van der Waals surface area contributed by atoms with Gasteiger partial charge in [-0.2, -0.15) is 0 Å². The maximum absolute atomic E-state index is 13.2. The van der Waals surface area contributed by atoms with Crippen LogP contribution < -0.4 is 5.32 Å². The molecule has 4 rings (SSSR count). The van der Waals surface area contributed by atoms with Gasteiger partial charge in [-0.25, -0.2) is 9.78 Å². The summed E-state index contributed by atoms with van der Waals surface area (Å²) < 4.78 is 10.9. The molecule has 2 heterocycles. The smallest absolute Gasteiger partial charge is 0.339 e. The fourth-order valence-corrected chi connectivity index (χ4v) is 3.91. The summed E-state index contributed by atoms with van der Waals surface area (Å²) >= 11 is 0. The molecule has 0 fully saturated rings. The Bertz CT molecular complexity index is 1150. The zero-order valence-electron chi connectivity index (χ0n) is 18.0. The topological polar surface area (TPSA) is 81.4 Å². The van der Waals surface area contributed by atoms with Crippen LogP contribution in [0.15, 0.2) is 47.1 Å². The van der Waals surface area contributed by atoms with Crippen LogP contribution in [0.25, 0.3) is 22.6 Å². The van der Waals surface area contributed by atoms with Gasteiger partial charge in [0.1, 0.15) is 5.76 Å². The number of fused-ring (bicyclic) bond motifs is 2. The fraction of sp³-hybridized carbons (Fsp3) is 0.320. The molecule has 0 radical (unpaired) electrons. The van der Waals surface area contributed by atoms with Gasteiger partial charge in [-0.15, -0.1) is 0 Å². The van der Waals surface area contributed by atoms with Crippen LogP contribution >= 0.6 is 0 Å². The Balaban J connectivity index is 1.73. The number of nitrogens with zero attached hydrogens (tertiary/aromatic N) is 1. The normalized spacial score (nSPS) is 15.0. The summed E-state index contributed by atoms with van der Waals surface area (Å²) in [5.41, 5.74) is 3.52. The highest BCUT2D eigenvalue weighted by atomic mass is 16.5. The molecule has 0 bridgehead atoms. The highest BCUT2D eigenvalue weighted by Crippen LogP contribution is 2.36. The molecule has 0 saturated carbocycles. The van der Waals surface area contributed by atoms with Gasteiger partial charge in [-0.1, -0.05) is 18.2 Å². The Hall–Kier alpha value is -3.41. The molecule has 6 nitrogen and oxygen atoms in total. The third kappa shape index (κ3) is 4.68. The highest BCUT2D eigenvalue weighted by Gasteiger charge is 2.26. The summed E-state index contributed by atoms with van der Waals surface area (Å²) in [5.74, 6) is -0.0783. The van der Waals surface area contributed by atoms with Crippen LogP contribution in [0.2, 0.25) is 0 Å². The van der Waals surface area contributed by atoms with Crippen LogP contribution in [0.4, 0.5) is 0 Å². The van der Waals surface area contributed by atoms with Crippen molar-refractivity contribution in [3.8, 4) is 0 Å². The quantitative estimate of drug-likeness (QED) is 0.617. The largest absolute Gasteiger partial charge is 0.465 e. The first-order valence-corrected chi connectivity index (χ1v) is 10.5. The molecular weight excluding hydrogens is 392 g/mol. The number of rotatable bonds is 4. The third-order valence-electron chi connectivity index (χ3n) is 5.08. The van der Waals surface area contributed by atoms with Gasteiger partial charge in [0.2, 0.25) is 0 Å². The van der Waals surface area contributed by atoms with Gasteiger partial charge in [0.05, 0.1) is 23.0 Å². The summed E-state index contributed by atoms with van der Waals surface area (Å²) in [5, 5.41) is 3.55. The summed E-state index contributed by atoms with van der Waals surface area (Å²) in [4.78, 5) is 30.2. The van der Waals surface area contributed by atoms with Gasteiger partial charge >= 0.3 is 5.97 Å². The van der Waals surface area contributed by atoms with Crippen molar-refractivity contribution in [1.82, 2.24) is 10.3 Å². The van der Waals surface area contributed by atoms with Crippen molar-refractivity contribution in [3.63, 3.8) is 0 Å². The van der Waals surface area contributed by atoms with E-state index in [-0.39, 0.29) is 12.5 Å². The van der Waals surface area contributed by atoms with Crippen LogP contribution in [0.3, 0.4) is 0 Å². The zero-order valence-corrected chi connectivity index (χ0v) is 18.0. The molecule has 31 heavy (non-hydrogen) atoms. The summed E-state index contributed by atoms with van der Waals surface area (Å²) in [7, 11) is 0. The van der Waals surface area contributed by atoms with E-state index in [2.05, 4.69) is 5.32 Å². The molecule has 0 atom stereocenters. The monoisotopic (exact) mass is 418 g/mol. The number of furan rings is 1. The Labute approximate surface area is 181 Å². The Kier molecular flexibility index (Phi) is 5.63. The number of hydrogen-bond acceptors (Lipinski definition) is 5. The number of pyridine rings is 1. The number of nitrogens with one attached hydrogen (secondary N) is 1. The lowest BCUT2D eigenvalue weighted by Crippen LogP contribution is -2.42. The average molecular weight is 418 g/mol. The second-order valence-corrected chi connectivity index (χ2v) is 8.74. The molecule has 160 valence electrons. The van der Waals surface area contributed by atoms with Crippen molar-refractivity contribution in [1.29, 1.82) is 0 Å². The van der Waals surface area contributed by atoms with E-state index in [1.165, 1.54) is 0 Å². The van der Waals surface area contributed by atoms with Crippen LogP contribution in [0.5, 0.6) is 0 Å². The second-order valence-electron chi connectivity index (χ2n) is 8.74. The Morgan fingerprint density at radius 1 is 1.16 bits per heavy atom. The molecule has 0 saturated heterocycles. The molecule has 2 aromatic heterocycles. The number of carbonyl (C=O) groups is 2. The molecule has 1 aliphatic carbocycles. The summed E-state index contributed by atoms with van der Waals surface area (Å²) in [6.45, 7) is 5.32. The minimum atomic E-state index is -0.502. The highest BCUT2D eigenvalue weighted by molar-refractivity contribution is 6.07. The van der Waals surface area contributed by atoms with E-state index in [4.69, 9.17) is 14.1 Å². The van der Waals surface area contributed by atoms with Crippen molar-refractivity contribution in [2.24, 2.45) is 0 Å². The first kappa shape index (κ1) is 20.8. The van der Waals surface area contributed by atoms with Gasteiger partial charge in [0.15, 0.2) is 6.61 Å². The van der Waals surface area contributed by atoms with Crippen molar-refractivity contribution in [3.05, 3.63) is 65.2 Å². The lowest BCUT2D eigenvalue weighted by Gasteiger charge is -2.23. The molecule has 6 heteroatoms. The first-order chi connectivity index (χ1) is 14.8. The predicted molar refractivity (Wildman–Crippen MR) is 119 cm³/mol. The summed E-state index contributed by atoms with van der Waals surface area (Å²) in [6.07, 6.45) is 6.08. The van der Waals surface area contributed by atoms with E-state index in [9.17, 15) is 9.59 Å². The van der Waals surface area contributed by atoms with Crippen molar-refractivity contribution < 1.29 is 18.7 Å². The van der Waals surface area contributed by atoms with Gasteiger partial charge in [0, 0.05) is 10.9 Å². The average Bonchev–Trinajstić information content (AvgIpc) is 3.22. The minimum Gasteiger partial charge on any atom is -0.465 e. The standard InChI is InChI=1S/C25H26N2O4/c1-25(2,3)27-21(28)15-31-24(29)22-18-10-4-5-12-20(18)26-23-16(8-6-11-19(22)23)14-17-9-7-13-30-17/h4-5,7,9-10,12-14H,6,8,11,15H2,1-3H3,(H,27,28)/b16-14+. The minimum absolute atomic E-state index is 0.323. The van der Waals surface area contributed by atoms with E-state index in [1.54, 1.807) is 6.26 Å². The van der Waals surface area contributed by atoms with Crippen molar-refractivity contribution >= 4 is 34.4 Å². The van der Waals surface area contributed by atoms with Crippen LogP contribution in [0.1, 0.15) is 61.0 Å². The van der Waals surface area contributed by atoms with E-state index >= 15 is 0 Å². The molecule has 3 aromatic rings. The number of esters is 1. The number of benzene rings is 1. The maximum Gasteiger partial charge on any atom is 0.339 e. The lowest BCUT2D eigenvalue weighted by molar-refractivity contribution is -0.125. The molecule has 1 aliphatic rings. The van der Waals surface area contributed by atoms with Crippen LogP contribution in [-0.4, -0.2) is 29.0 Å². The molecule has 1 aromatic carbocycles. The number of amides is 1. The third-order valence-corrected chi connectivity index (χ3v) is 5.08. The van der Waals surface area contributed by atoms with Gasteiger partial charge in [0.25, 0.3) is 5.91 Å². The van der Waals surface area contributed by atoms with Crippen LogP contribution in [-0.2, 0) is 16.0 Å². The predicted octanol–water partition coefficient (Wildman–Crippen LogP) is 4.78. The Morgan fingerprint density at radius 3 is 2.71 bits per heavy atom. The van der Waals surface area contributed by atoms with E-state index < -0.39 is 11.5 Å². The van der Waals surface area contributed by atoms with E-state index in [1.807, 2.05) is 63.2 Å². The maximum atomic E-state index is 13.2. The number of allylic oxidation sites excluding steroid dienone is 1. The van der Waals surface area contributed by atoms with Crippen molar-refractivity contribution in [2.45, 2.75) is 45.6 Å². The molecule has 0 spiro atoms. The fourth-order valence-electron chi connectivity index (χ4n) is 3.91. The zero-order chi connectivity index (χ0) is 22.0. The molecule has 0 unspecified atom stereocenters. The summed E-state index contributed by atoms with van der Waals surface area (Å²) in [6, 6.07) is 11.3. The van der Waals surface area contributed by atoms with Crippen LogP contribution in [0, 0.1) is 0 Å². The SMILES string of the molecule is CC(C)(C)NC(=O)COC(=O)c1c2c(nc3ccccc13)/C(=C/c1ccco1)CCC2. The number of para-hydroxylation sites is 1. The first-order valence-electron chi connectivity index (χ1n) is 10.5. The number of aromatic nitrogens is 1. The van der Waals surface area contributed by atoms with Gasteiger partial charge in [-0.3, -0.25) is 4.79 Å². The number of ether oxygens (including phenoxy) is 1. The van der Waals surface area contributed by atoms with E-state index in [0.29, 0.717) is 5.56 Å².